The number of sulfonamides is 1. The molecule has 0 saturated carbocycles. The van der Waals surface area contributed by atoms with Crippen molar-refractivity contribution in [3.8, 4) is 0 Å². The zero-order valence-electron chi connectivity index (χ0n) is 7.80. The molecule has 17 heavy (non-hydrogen) atoms. The number of halogens is 3. The van der Waals surface area contributed by atoms with Gasteiger partial charge in [-0.3, -0.25) is 10.1 Å². The number of rotatable bonds is 3. The van der Waals surface area contributed by atoms with Gasteiger partial charge in [-0.05, 0) is 22.6 Å². The Labute approximate surface area is 107 Å². The molecule has 11 heteroatoms. The maximum atomic E-state index is 12.3. The molecule has 0 aliphatic rings. The molecule has 0 spiro atoms. The highest BCUT2D eigenvalue weighted by molar-refractivity contribution is 14.1. The van der Waals surface area contributed by atoms with Crippen LogP contribution in [0.15, 0.2) is 11.0 Å². The quantitative estimate of drug-likeness (QED) is 0.366. The Bertz CT molecular complexity index is 577. The van der Waals surface area contributed by atoms with Crippen LogP contribution in [-0.2, 0) is 10.0 Å². The van der Waals surface area contributed by atoms with Gasteiger partial charge in [0.2, 0.25) is 10.0 Å². The normalized spacial score (nSPS) is 11.8. The van der Waals surface area contributed by atoms with E-state index in [1.54, 1.807) is 0 Å². The van der Waals surface area contributed by atoms with Crippen molar-refractivity contribution < 1.29 is 22.1 Å². The van der Waals surface area contributed by atoms with E-state index in [4.69, 9.17) is 5.14 Å². The highest BCUT2D eigenvalue weighted by atomic mass is 127. The summed E-state index contributed by atoms with van der Waals surface area (Å²) in [5.41, 5.74) is -1.89. The Hall–Kier alpha value is -0.950. The molecule has 1 aromatic heterocycles. The van der Waals surface area contributed by atoms with Crippen LogP contribution in [0.3, 0.4) is 0 Å². The molecule has 0 bridgehead atoms. The minimum atomic E-state index is -4.41. The first-order valence-corrected chi connectivity index (χ1v) is 6.43. The predicted molar refractivity (Wildman–Crippen MR) is 59.9 cm³/mol. The number of alkyl halides is 2. The largest absolute Gasteiger partial charge is 0.294 e. The molecule has 0 radical (unpaired) electrons. The lowest BCUT2D eigenvalue weighted by atomic mass is 10.3. The fourth-order valence-corrected chi connectivity index (χ4v) is 3.20. The second-order valence-corrected chi connectivity index (χ2v) is 5.31. The summed E-state index contributed by atoms with van der Waals surface area (Å²) in [4.78, 5) is 11.9. The van der Waals surface area contributed by atoms with E-state index in [9.17, 15) is 27.3 Å². The summed E-state index contributed by atoms with van der Waals surface area (Å²) in [6.45, 7) is 0. The Morgan fingerprint density at radius 3 is 2.41 bits per heavy atom. The number of pyridine rings is 1. The van der Waals surface area contributed by atoms with Gasteiger partial charge in [0.05, 0.1) is 4.92 Å². The van der Waals surface area contributed by atoms with Crippen LogP contribution >= 0.6 is 22.6 Å². The molecule has 0 aromatic carbocycles. The van der Waals surface area contributed by atoms with Crippen molar-refractivity contribution in [1.82, 2.24) is 4.98 Å². The summed E-state index contributed by atoms with van der Waals surface area (Å²) in [5, 5.41) is 15.4. The van der Waals surface area contributed by atoms with Crippen molar-refractivity contribution in [2.45, 2.75) is 11.3 Å². The van der Waals surface area contributed by atoms with Crippen molar-refractivity contribution in [2.24, 2.45) is 5.14 Å². The molecule has 0 aliphatic carbocycles. The van der Waals surface area contributed by atoms with Gasteiger partial charge in [0.1, 0.15) is 9.39 Å². The van der Waals surface area contributed by atoms with E-state index in [-0.39, 0.29) is 0 Å². The molecular formula is C6H4F2IN3O4S. The molecule has 0 atom stereocenters. The summed E-state index contributed by atoms with van der Waals surface area (Å²) in [6, 6.07) is 0.395. The summed E-state index contributed by atoms with van der Waals surface area (Å²) in [6.07, 6.45) is -3.04. The van der Waals surface area contributed by atoms with Gasteiger partial charge in [0.15, 0.2) is 4.90 Å². The van der Waals surface area contributed by atoms with E-state index in [2.05, 4.69) is 4.98 Å². The molecule has 2 N–H and O–H groups in total. The molecule has 0 aliphatic heterocycles. The molecule has 1 rings (SSSR count). The molecule has 0 saturated heterocycles. The Morgan fingerprint density at radius 1 is 1.53 bits per heavy atom. The standard InChI is InChI=1S/C6H4F2IN3O4S/c7-5(8)2-1-3(12(13)14)4(6(9)11-2)17(10,15)16/h1,5H,(H2,10,15,16). The van der Waals surface area contributed by atoms with Crippen molar-refractivity contribution in [2.75, 3.05) is 0 Å². The van der Waals surface area contributed by atoms with Crippen LogP contribution in [0.4, 0.5) is 14.5 Å². The van der Waals surface area contributed by atoms with Gasteiger partial charge >= 0.3 is 0 Å². The van der Waals surface area contributed by atoms with Gasteiger partial charge in [-0.2, -0.15) is 0 Å². The number of aromatic nitrogens is 1. The van der Waals surface area contributed by atoms with Gasteiger partial charge in [0, 0.05) is 6.07 Å². The molecule has 94 valence electrons. The van der Waals surface area contributed by atoms with E-state index < -0.39 is 41.3 Å². The summed E-state index contributed by atoms with van der Waals surface area (Å²) in [7, 11) is -4.41. The molecule has 7 nitrogen and oxygen atoms in total. The first-order valence-electron chi connectivity index (χ1n) is 3.80. The number of nitrogens with zero attached hydrogens (tertiary/aromatic N) is 2. The average Bonchev–Trinajstić information content (AvgIpc) is 2.13. The predicted octanol–water partition coefficient (Wildman–Crippen LogP) is 1.18. The third kappa shape index (κ3) is 3.04. The van der Waals surface area contributed by atoms with Gasteiger partial charge in [-0.15, -0.1) is 0 Å². The van der Waals surface area contributed by atoms with E-state index in [1.165, 1.54) is 22.6 Å². The SMILES string of the molecule is NS(=O)(=O)c1c([N+](=O)[O-])cc(C(F)F)nc1I. The Balaban J connectivity index is 3.68. The minimum absolute atomic E-state index is 0.395. The maximum absolute atomic E-state index is 12.3. The van der Waals surface area contributed by atoms with Crippen molar-refractivity contribution in [1.29, 1.82) is 0 Å². The van der Waals surface area contributed by atoms with E-state index >= 15 is 0 Å². The average molecular weight is 379 g/mol. The van der Waals surface area contributed by atoms with Crippen LogP contribution < -0.4 is 5.14 Å². The maximum Gasteiger partial charge on any atom is 0.294 e. The van der Waals surface area contributed by atoms with Crippen LogP contribution in [0.1, 0.15) is 12.1 Å². The number of hydrogen-bond acceptors (Lipinski definition) is 5. The zero-order chi connectivity index (χ0) is 13.4. The fourth-order valence-electron chi connectivity index (χ4n) is 1.02. The molecule has 0 unspecified atom stereocenters. The topological polar surface area (TPSA) is 116 Å². The van der Waals surface area contributed by atoms with E-state index in [0.29, 0.717) is 6.07 Å². The smallest absolute Gasteiger partial charge is 0.258 e. The van der Waals surface area contributed by atoms with Crippen LogP contribution in [0.5, 0.6) is 0 Å². The fraction of sp³-hybridized carbons (Fsp3) is 0.167. The highest BCUT2D eigenvalue weighted by Crippen LogP contribution is 2.30. The van der Waals surface area contributed by atoms with E-state index in [1.807, 2.05) is 0 Å². The second kappa shape index (κ2) is 4.73. The van der Waals surface area contributed by atoms with Crippen molar-refractivity contribution in [3.63, 3.8) is 0 Å². The van der Waals surface area contributed by atoms with E-state index in [0.717, 1.165) is 0 Å². The Morgan fingerprint density at radius 2 is 2.06 bits per heavy atom. The van der Waals surface area contributed by atoms with Crippen LogP contribution in [0.25, 0.3) is 0 Å². The zero-order valence-corrected chi connectivity index (χ0v) is 10.8. The molecule has 1 aromatic rings. The summed E-state index contributed by atoms with van der Waals surface area (Å²) >= 11 is 1.30. The lowest BCUT2D eigenvalue weighted by Crippen LogP contribution is -2.17. The molecular weight excluding hydrogens is 375 g/mol. The van der Waals surface area contributed by atoms with Gasteiger partial charge in [-0.1, -0.05) is 0 Å². The van der Waals surface area contributed by atoms with Crippen LogP contribution in [0.2, 0.25) is 0 Å². The monoisotopic (exact) mass is 379 g/mol. The Kier molecular flexibility index (Phi) is 3.93. The first kappa shape index (κ1) is 14.1. The summed E-state index contributed by atoms with van der Waals surface area (Å²) < 4.78 is 46.4. The lowest BCUT2D eigenvalue weighted by Gasteiger charge is -2.05. The number of hydrogen-bond donors (Lipinski definition) is 1. The van der Waals surface area contributed by atoms with Crippen LogP contribution in [0, 0.1) is 13.8 Å². The number of nitrogens with two attached hydrogens (primary N) is 1. The molecule has 0 fully saturated rings. The van der Waals surface area contributed by atoms with Crippen molar-refractivity contribution >= 4 is 38.3 Å². The van der Waals surface area contributed by atoms with Gasteiger partial charge in [0.25, 0.3) is 12.1 Å². The van der Waals surface area contributed by atoms with Gasteiger partial charge < -0.3 is 0 Å². The lowest BCUT2D eigenvalue weighted by molar-refractivity contribution is -0.388. The second-order valence-electron chi connectivity index (χ2n) is 2.79. The summed E-state index contributed by atoms with van der Waals surface area (Å²) in [5.74, 6) is 0. The molecule has 1 heterocycles. The number of primary sulfonamides is 1. The number of nitro groups is 1. The molecule has 0 amide bonds. The van der Waals surface area contributed by atoms with Crippen molar-refractivity contribution in [3.05, 3.63) is 25.6 Å². The van der Waals surface area contributed by atoms with Crippen LogP contribution in [-0.4, -0.2) is 18.3 Å². The third-order valence-corrected chi connectivity index (χ3v) is 3.75. The highest BCUT2D eigenvalue weighted by Gasteiger charge is 2.29. The first-order chi connectivity index (χ1) is 7.64. The van der Waals surface area contributed by atoms with Gasteiger partial charge in [-0.25, -0.2) is 27.3 Å². The third-order valence-electron chi connectivity index (χ3n) is 1.64. The minimum Gasteiger partial charge on any atom is -0.258 e.